The summed E-state index contributed by atoms with van der Waals surface area (Å²) in [5.41, 5.74) is 1.06. The second kappa shape index (κ2) is 4.17. The number of non-ortho nitro benzene ring substituents is 1. The minimum atomic E-state index is -0.410. The first-order chi connectivity index (χ1) is 9.15. The highest BCUT2D eigenvalue weighted by atomic mass is 16.6. The van der Waals surface area contributed by atoms with Gasteiger partial charge in [-0.25, -0.2) is 0 Å². The molecule has 1 aromatic heterocycles. The highest BCUT2D eigenvalue weighted by Gasteiger charge is 2.42. The number of nitro groups is 1. The van der Waals surface area contributed by atoms with Gasteiger partial charge in [-0.3, -0.25) is 15.1 Å². The molecule has 1 fully saturated rings. The molecule has 0 radical (unpaired) electrons. The number of hydrogen-bond acceptors (Lipinski definition) is 5. The van der Waals surface area contributed by atoms with Gasteiger partial charge < -0.3 is 10.4 Å². The quantitative estimate of drug-likeness (QED) is 0.648. The second-order valence-electron chi connectivity index (χ2n) is 4.85. The molecule has 0 aliphatic heterocycles. The molecule has 1 saturated carbocycles. The first-order valence-corrected chi connectivity index (χ1v) is 6.06. The lowest BCUT2D eigenvalue weighted by molar-refractivity contribution is -0.383. The van der Waals surface area contributed by atoms with Crippen LogP contribution in [0.15, 0.2) is 30.5 Å². The van der Waals surface area contributed by atoms with E-state index in [1.165, 1.54) is 6.07 Å². The molecule has 1 aliphatic rings. The zero-order valence-electron chi connectivity index (χ0n) is 10.2. The van der Waals surface area contributed by atoms with Crippen LogP contribution in [0.2, 0.25) is 0 Å². The summed E-state index contributed by atoms with van der Waals surface area (Å²) >= 11 is 0. The van der Waals surface area contributed by atoms with Gasteiger partial charge in [0.25, 0.3) is 5.69 Å². The van der Waals surface area contributed by atoms with Crippen molar-refractivity contribution in [2.24, 2.45) is 0 Å². The van der Waals surface area contributed by atoms with Gasteiger partial charge >= 0.3 is 0 Å². The molecular formula is C13H13N3O3. The lowest BCUT2D eigenvalue weighted by Gasteiger charge is -2.17. The number of hydrogen-bond donors (Lipinski definition) is 2. The van der Waals surface area contributed by atoms with Crippen molar-refractivity contribution in [3.05, 3.63) is 40.6 Å². The highest BCUT2D eigenvalue weighted by molar-refractivity contribution is 5.96. The first-order valence-electron chi connectivity index (χ1n) is 6.06. The van der Waals surface area contributed by atoms with Crippen molar-refractivity contribution in [1.82, 2.24) is 4.98 Å². The van der Waals surface area contributed by atoms with Crippen LogP contribution in [0.25, 0.3) is 10.9 Å². The largest absolute Gasteiger partial charge is 0.394 e. The Kier molecular flexibility index (Phi) is 2.60. The number of aliphatic hydroxyl groups excluding tert-OH is 1. The summed E-state index contributed by atoms with van der Waals surface area (Å²) in [5, 5.41) is 24.1. The number of nitrogens with zero attached hydrogens (tertiary/aromatic N) is 2. The number of rotatable bonds is 4. The van der Waals surface area contributed by atoms with Gasteiger partial charge in [0.2, 0.25) is 0 Å². The number of fused-ring (bicyclic) bond motifs is 1. The Balaban J connectivity index is 2.11. The van der Waals surface area contributed by atoms with Crippen LogP contribution in [-0.4, -0.2) is 27.2 Å². The summed E-state index contributed by atoms with van der Waals surface area (Å²) in [6.07, 6.45) is 3.40. The summed E-state index contributed by atoms with van der Waals surface area (Å²) in [7, 11) is 0. The number of anilines is 1. The average molecular weight is 259 g/mol. The van der Waals surface area contributed by atoms with Crippen molar-refractivity contribution in [3.63, 3.8) is 0 Å². The minimum Gasteiger partial charge on any atom is -0.394 e. The lowest BCUT2D eigenvalue weighted by atomic mass is 10.1. The fraction of sp³-hybridized carbons (Fsp3) is 0.308. The molecule has 2 aromatic rings. The monoisotopic (exact) mass is 259 g/mol. The Labute approximate surface area is 109 Å². The Bertz CT molecular complexity index is 653. The third kappa shape index (κ3) is 2.00. The lowest BCUT2D eigenvalue weighted by Crippen LogP contribution is -2.25. The van der Waals surface area contributed by atoms with Crippen LogP contribution in [0.5, 0.6) is 0 Å². The second-order valence-corrected chi connectivity index (χ2v) is 4.85. The third-order valence-corrected chi connectivity index (χ3v) is 3.50. The van der Waals surface area contributed by atoms with Crippen LogP contribution in [-0.2, 0) is 0 Å². The number of nitro benzene ring substituents is 1. The van der Waals surface area contributed by atoms with Crippen LogP contribution in [0.4, 0.5) is 11.4 Å². The number of aliphatic hydroxyl groups is 1. The van der Waals surface area contributed by atoms with E-state index in [0.717, 1.165) is 18.5 Å². The van der Waals surface area contributed by atoms with Crippen LogP contribution in [0.3, 0.4) is 0 Å². The van der Waals surface area contributed by atoms with Gasteiger partial charge in [-0.2, -0.15) is 0 Å². The molecule has 0 saturated heterocycles. The molecule has 0 bridgehead atoms. The van der Waals surface area contributed by atoms with Gasteiger partial charge in [-0.15, -0.1) is 0 Å². The molecule has 0 spiro atoms. The molecule has 0 unspecified atom stereocenters. The minimum absolute atomic E-state index is 0.0440. The van der Waals surface area contributed by atoms with Crippen LogP contribution in [0, 0.1) is 10.1 Å². The van der Waals surface area contributed by atoms with Crippen molar-refractivity contribution >= 4 is 22.3 Å². The molecule has 6 nitrogen and oxygen atoms in total. The van der Waals surface area contributed by atoms with Crippen LogP contribution < -0.4 is 5.32 Å². The molecule has 19 heavy (non-hydrogen) atoms. The van der Waals surface area contributed by atoms with Gasteiger partial charge in [0.05, 0.1) is 28.1 Å². The predicted octanol–water partition coefficient (Wildman–Crippen LogP) is 2.08. The standard InChI is InChI=1S/C13H13N3O3/c17-8-13(5-6-13)15-10-3-4-11(16(18)19)9-2-1-7-14-12(9)10/h1-4,7,15,17H,5-6,8H2. The van der Waals surface area contributed by atoms with E-state index < -0.39 is 4.92 Å². The van der Waals surface area contributed by atoms with Crippen molar-refractivity contribution in [2.75, 3.05) is 11.9 Å². The Hall–Kier alpha value is -2.21. The Morgan fingerprint density at radius 2 is 2.21 bits per heavy atom. The Morgan fingerprint density at radius 3 is 2.84 bits per heavy atom. The van der Waals surface area contributed by atoms with E-state index >= 15 is 0 Å². The molecule has 0 atom stereocenters. The van der Waals surface area contributed by atoms with E-state index in [1.807, 2.05) is 0 Å². The molecule has 6 heteroatoms. The maximum Gasteiger partial charge on any atom is 0.278 e. The van der Waals surface area contributed by atoms with E-state index in [2.05, 4.69) is 10.3 Å². The normalized spacial score (nSPS) is 16.3. The summed E-state index contributed by atoms with van der Waals surface area (Å²) in [6, 6.07) is 6.49. The Morgan fingerprint density at radius 1 is 1.42 bits per heavy atom. The average Bonchev–Trinajstić information content (AvgIpc) is 3.19. The summed E-state index contributed by atoms with van der Waals surface area (Å²) < 4.78 is 0. The fourth-order valence-electron chi connectivity index (χ4n) is 2.18. The SMILES string of the molecule is O=[N+]([O-])c1ccc(NC2(CO)CC2)c2ncccc12. The number of benzene rings is 1. The van der Waals surface area contributed by atoms with E-state index in [0.29, 0.717) is 10.9 Å². The van der Waals surface area contributed by atoms with Gasteiger partial charge in [0, 0.05) is 12.3 Å². The number of aromatic nitrogens is 1. The van der Waals surface area contributed by atoms with Gasteiger partial charge in [0.15, 0.2) is 0 Å². The van der Waals surface area contributed by atoms with E-state index in [1.54, 1.807) is 24.4 Å². The van der Waals surface area contributed by atoms with Gasteiger partial charge in [-0.1, -0.05) is 0 Å². The zero-order valence-corrected chi connectivity index (χ0v) is 10.2. The molecule has 3 rings (SSSR count). The summed E-state index contributed by atoms with van der Waals surface area (Å²) in [5.74, 6) is 0. The fourth-order valence-corrected chi connectivity index (χ4v) is 2.18. The van der Waals surface area contributed by atoms with Gasteiger partial charge in [-0.05, 0) is 31.0 Å². The molecule has 1 heterocycles. The van der Waals surface area contributed by atoms with Gasteiger partial charge in [0.1, 0.15) is 5.52 Å². The maximum atomic E-state index is 11.0. The third-order valence-electron chi connectivity index (χ3n) is 3.50. The smallest absolute Gasteiger partial charge is 0.278 e. The van der Waals surface area contributed by atoms with E-state index in [-0.39, 0.29) is 17.8 Å². The van der Waals surface area contributed by atoms with Crippen molar-refractivity contribution in [3.8, 4) is 0 Å². The van der Waals surface area contributed by atoms with Crippen molar-refractivity contribution in [1.29, 1.82) is 0 Å². The van der Waals surface area contributed by atoms with Crippen LogP contribution in [0.1, 0.15) is 12.8 Å². The highest BCUT2D eigenvalue weighted by Crippen LogP contribution is 2.40. The zero-order chi connectivity index (χ0) is 13.5. The molecule has 1 aromatic carbocycles. The molecule has 1 aliphatic carbocycles. The molecule has 98 valence electrons. The number of pyridine rings is 1. The topological polar surface area (TPSA) is 88.3 Å². The summed E-state index contributed by atoms with van der Waals surface area (Å²) in [6.45, 7) is 0.0539. The van der Waals surface area contributed by atoms with Crippen molar-refractivity contribution in [2.45, 2.75) is 18.4 Å². The maximum absolute atomic E-state index is 11.0. The van der Waals surface area contributed by atoms with Crippen molar-refractivity contribution < 1.29 is 10.0 Å². The molecular weight excluding hydrogens is 246 g/mol. The van der Waals surface area contributed by atoms with Crippen LogP contribution >= 0.6 is 0 Å². The van der Waals surface area contributed by atoms with E-state index in [4.69, 9.17) is 0 Å². The molecule has 0 amide bonds. The predicted molar refractivity (Wildman–Crippen MR) is 71.1 cm³/mol. The van der Waals surface area contributed by atoms with E-state index in [9.17, 15) is 15.2 Å². The number of nitrogens with one attached hydrogen (secondary N) is 1. The molecule has 2 N–H and O–H groups in total. The first kappa shape index (κ1) is 11.9. The summed E-state index contributed by atoms with van der Waals surface area (Å²) in [4.78, 5) is 14.8.